The number of ketones is 1. The van der Waals surface area contributed by atoms with E-state index in [0.717, 1.165) is 25.4 Å². The summed E-state index contributed by atoms with van der Waals surface area (Å²) < 4.78 is 13.1. The molecule has 1 fully saturated rings. The molecule has 0 bridgehead atoms. The van der Waals surface area contributed by atoms with Crippen molar-refractivity contribution in [2.75, 3.05) is 25.4 Å². The summed E-state index contributed by atoms with van der Waals surface area (Å²) >= 11 is 1.99. The monoisotopic (exact) mass is 281 g/mol. The number of benzene rings is 1. The molecule has 0 spiro atoms. The van der Waals surface area contributed by atoms with Gasteiger partial charge in [0.25, 0.3) is 0 Å². The van der Waals surface area contributed by atoms with Crippen molar-refractivity contribution >= 4 is 17.5 Å². The van der Waals surface area contributed by atoms with Crippen molar-refractivity contribution in [3.63, 3.8) is 0 Å². The van der Waals surface area contributed by atoms with Crippen molar-refractivity contribution in [1.82, 2.24) is 4.90 Å². The highest BCUT2D eigenvalue weighted by molar-refractivity contribution is 8.00. The summed E-state index contributed by atoms with van der Waals surface area (Å²) in [4.78, 5) is 14.4. The lowest BCUT2D eigenvalue weighted by Crippen LogP contribution is -2.43. The molecule has 0 unspecified atom stereocenters. The molecular weight excluding hydrogens is 261 g/mol. The third-order valence-electron chi connectivity index (χ3n) is 3.33. The Bertz CT molecular complexity index is 444. The van der Waals surface area contributed by atoms with Gasteiger partial charge in [-0.05, 0) is 38.1 Å². The van der Waals surface area contributed by atoms with E-state index in [1.807, 2.05) is 11.8 Å². The van der Waals surface area contributed by atoms with Gasteiger partial charge in [0.2, 0.25) is 0 Å². The Morgan fingerprint density at radius 3 is 2.68 bits per heavy atom. The fourth-order valence-electron chi connectivity index (χ4n) is 2.34. The molecule has 1 saturated heterocycles. The number of thioether (sulfide) groups is 1. The second-order valence-electron chi connectivity index (χ2n) is 5.56. The Morgan fingerprint density at radius 1 is 1.37 bits per heavy atom. The van der Waals surface area contributed by atoms with Crippen LogP contribution >= 0.6 is 11.8 Å². The fourth-order valence-corrected chi connectivity index (χ4v) is 3.52. The third-order valence-corrected chi connectivity index (χ3v) is 4.62. The molecule has 2 rings (SSSR count). The number of carbonyl (C=O) groups excluding carboxylic acids is 1. The largest absolute Gasteiger partial charge is 0.301 e. The summed E-state index contributed by atoms with van der Waals surface area (Å²) in [6.07, 6.45) is 0.506. The fraction of sp³-hybridized carbons (Fsp3) is 0.533. The number of hydrogen-bond acceptors (Lipinski definition) is 3. The van der Waals surface area contributed by atoms with E-state index >= 15 is 0 Å². The first-order chi connectivity index (χ1) is 8.96. The molecule has 1 aliphatic heterocycles. The van der Waals surface area contributed by atoms with Gasteiger partial charge in [-0.3, -0.25) is 4.79 Å². The first-order valence-corrected chi connectivity index (χ1v) is 7.60. The van der Waals surface area contributed by atoms with E-state index in [1.165, 1.54) is 12.1 Å². The van der Waals surface area contributed by atoms with E-state index < -0.39 is 0 Å². The topological polar surface area (TPSA) is 20.3 Å². The minimum absolute atomic E-state index is 0.0935. The van der Waals surface area contributed by atoms with Crippen LogP contribution in [0.2, 0.25) is 0 Å². The zero-order valence-corrected chi connectivity index (χ0v) is 12.3. The number of rotatable bonds is 4. The van der Waals surface area contributed by atoms with Crippen molar-refractivity contribution < 1.29 is 9.18 Å². The van der Waals surface area contributed by atoms with Gasteiger partial charge in [0, 0.05) is 42.1 Å². The lowest BCUT2D eigenvalue weighted by molar-refractivity contribution is 0.0962. The molecule has 0 amide bonds. The van der Waals surface area contributed by atoms with E-state index in [-0.39, 0.29) is 16.3 Å². The molecule has 0 N–H and O–H groups in total. The van der Waals surface area contributed by atoms with Crippen molar-refractivity contribution in [3.8, 4) is 0 Å². The summed E-state index contributed by atoms with van der Waals surface area (Å²) in [7, 11) is 0. The zero-order valence-electron chi connectivity index (χ0n) is 11.5. The smallest absolute Gasteiger partial charge is 0.164 e. The lowest BCUT2D eigenvalue weighted by Gasteiger charge is -2.37. The van der Waals surface area contributed by atoms with E-state index in [0.29, 0.717) is 12.0 Å². The van der Waals surface area contributed by atoms with Gasteiger partial charge in [-0.25, -0.2) is 4.39 Å². The second-order valence-corrected chi connectivity index (χ2v) is 7.37. The van der Waals surface area contributed by atoms with Gasteiger partial charge in [0.1, 0.15) is 5.82 Å². The molecule has 0 aliphatic carbocycles. The van der Waals surface area contributed by atoms with E-state index in [2.05, 4.69) is 18.7 Å². The van der Waals surface area contributed by atoms with Crippen molar-refractivity contribution in [1.29, 1.82) is 0 Å². The molecule has 1 aliphatic rings. The summed E-state index contributed by atoms with van der Waals surface area (Å²) in [5, 5.41) is 0. The number of halogens is 1. The minimum Gasteiger partial charge on any atom is -0.301 e. The number of hydrogen-bond donors (Lipinski definition) is 0. The van der Waals surface area contributed by atoms with Crippen LogP contribution in [0.5, 0.6) is 0 Å². The number of nitrogens with zero attached hydrogens (tertiary/aromatic N) is 1. The summed E-state index contributed by atoms with van der Waals surface area (Å²) in [6, 6.07) is 5.81. The molecule has 1 heterocycles. The standard InChI is InChI=1S/C15H20FNOS/c1-15(2)11-17(9-10-19-15)8-7-14(18)12-3-5-13(16)6-4-12/h3-6H,7-11H2,1-2H3. The predicted octanol–water partition coefficient (Wildman–Crippen LogP) is 3.23. The van der Waals surface area contributed by atoms with Crippen molar-refractivity contribution in [3.05, 3.63) is 35.6 Å². The molecule has 1 aromatic carbocycles. The summed E-state index contributed by atoms with van der Waals surface area (Å²) in [5.41, 5.74) is 0.604. The first-order valence-electron chi connectivity index (χ1n) is 6.61. The van der Waals surface area contributed by atoms with Crippen LogP contribution in [0, 0.1) is 5.82 Å². The van der Waals surface area contributed by atoms with Crippen LogP contribution in [0.1, 0.15) is 30.6 Å². The third kappa shape index (κ3) is 4.32. The van der Waals surface area contributed by atoms with Gasteiger partial charge in [0.05, 0.1) is 0 Å². The van der Waals surface area contributed by atoms with Crippen LogP contribution in [0.15, 0.2) is 24.3 Å². The Balaban J connectivity index is 1.85. The highest BCUT2D eigenvalue weighted by Gasteiger charge is 2.26. The maximum Gasteiger partial charge on any atom is 0.164 e. The average molecular weight is 281 g/mol. The average Bonchev–Trinajstić information content (AvgIpc) is 2.36. The quantitative estimate of drug-likeness (QED) is 0.790. The molecule has 0 aromatic heterocycles. The van der Waals surface area contributed by atoms with E-state index in [1.54, 1.807) is 12.1 Å². The zero-order chi connectivity index (χ0) is 13.9. The molecular formula is C15H20FNOS. The van der Waals surface area contributed by atoms with Crippen LogP contribution < -0.4 is 0 Å². The number of carbonyl (C=O) groups is 1. The number of Topliss-reactive ketones (excluding diaryl/α,β-unsaturated/α-hetero) is 1. The van der Waals surface area contributed by atoms with Gasteiger partial charge < -0.3 is 4.90 Å². The molecule has 19 heavy (non-hydrogen) atoms. The molecule has 0 radical (unpaired) electrons. The van der Waals surface area contributed by atoms with Crippen molar-refractivity contribution in [2.24, 2.45) is 0 Å². The van der Waals surface area contributed by atoms with Crippen molar-refractivity contribution in [2.45, 2.75) is 25.0 Å². The maximum atomic E-state index is 12.8. The van der Waals surface area contributed by atoms with Crippen LogP contribution in [0.3, 0.4) is 0 Å². The maximum absolute atomic E-state index is 12.8. The molecule has 4 heteroatoms. The molecule has 1 aromatic rings. The van der Waals surface area contributed by atoms with Crippen LogP contribution in [-0.4, -0.2) is 40.8 Å². The van der Waals surface area contributed by atoms with Crippen LogP contribution in [0.4, 0.5) is 4.39 Å². The Labute approximate surface area is 118 Å². The molecule has 104 valence electrons. The summed E-state index contributed by atoms with van der Waals surface area (Å²) in [6.45, 7) is 7.34. The van der Waals surface area contributed by atoms with E-state index in [9.17, 15) is 9.18 Å². The van der Waals surface area contributed by atoms with Gasteiger partial charge in [-0.2, -0.15) is 11.8 Å². The molecule has 0 saturated carbocycles. The Kier molecular flexibility index (Phi) is 4.63. The second kappa shape index (κ2) is 6.06. The minimum atomic E-state index is -0.300. The van der Waals surface area contributed by atoms with Gasteiger partial charge >= 0.3 is 0 Å². The highest BCUT2D eigenvalue weighted by Crippen LogP contribution is 2.29. The Hall–Kier alpha value is -0.870. The predicted molar refractivity (Wildman–Crippen MR) is 78.3 cm³/mol. The van der Waals surface area contributed by atoms with E-state index in [4.69, 9.17) is 0 Å². The highest BCUT2D eigenvalue weighted by atomic mass is 32.2. The van der Waals surface area contributed by atoms with Gasteiger partial charge in [-0.1, -0.05) is 0 Å². The SMILES string of the molecule is CC1(C)CN(CCC(=O)c2ccc(F)cc2)CCS1. The van der Waals surface area contributed by atoms with Gasteiger partial charge in [0.15, 0.2) is 5.78 Å². The van der Waals surface area contributed by atoms with Gasteiger partial charge in [-0.15, -0.1) is 0 Å². The lowest BCUT2D eigenvalue weighted by atomic mass is 10.1. The summed E-state index contributed by atoms with van der Waals surface area (Å²) in [5.74, 6) is 0.917. The molecule has 2 nitrogen and oxygen atoms in total. The van der Waals surface area contributed by atoms with Crippen LogP contribution in [-0.2, 0) is 0 Å². The normalized spacial score (nSPS) is 19.3. The first kappa shape index (κ1) is 14.5. The Morgan fingerprint density at radius 2 is 2.05 bits per heavy atom. The van der Waals surface area contributed by atoms with Crippen LogP contribution in [0.25, 0.3) is 0 Å². The molecule has 0 atom stereocenters.